The Morgan fingerprint density at radius 1 is 1.26 bits per heavy atom. The summed E-state index contributed by atoms with van der Waals surface area (Å²) in [5.41, 5.74) is -1.01. The van der Waals surface area contributed by atoms with Gasteiger partial charge >= 0.3 is 0 Å². The molecule has 0 unspecified atom stereocenters. The molecule has 3 heterocycles. The summed E-state index contributed by atoms with van der Waals surface area (Å²) < 4.78 is 56.3. The van der Waals surface area contributed by atoms with Crippen LogP contribution < -0.4 is 10.3 Å². The van der Waals surface area contributed by atoms with Crippen LogP contribution in [0.25, 0.3) is 22.0 Å². The maximum atomic E-state index is 14.9. The van der Waals surface area contributed by atoms with Crippen molar-refractivity contribution >= 4 is 26.7 Å². The number of aromatic nitrogens is 3. The smallest absolute Gasteiger partial charge is 0.258 e. The number of aryl methyl sites for hydroxylation is 1. The lowest BCUT2D eigenvalue weighted by molar-refractivity contribution is 0.579. The highest BCUT2D eigenvalue weighted by atomic mass is 32.2. The summed E-state index contributed by atoms with van der Waals surface area (Å²) >= 11 is 0. The van der Waals surface area contributed by atoms with Gasteiger partial charge in [0.25, 0.3) is 5.56 Å². The molecule has 0 radical (unpaired) electrons. The molecule has 1 N–H and O–H groups in total. The fourth-order valence-corrected chi connectivity index (χ4v) is 3.83. The average molecular weight is 394 g/mol. The van der Waals surface area contributed by atoms with Gasteiger partial charge in [0, 0.05) is 24.8 Å². The second kappa shape index (κ2) is 7.03. The molecular weight excluding hydrogens is 378 g/mol. The van der Waals surface area contributed by atoms with Crippen LogP contribution in [0, 0.1) is 11.6 Å². The molecule has 0 atom stereocenters. The Balaban J connectivity index is 2.24. The number of anilines is 1. The van der Waals surface area contributed by atoms with Crippen LogP contribution in [0.4, 0.5) is 14.6 Å². The molecule has 0 saturated heterocycles. The molecule has 0 aliphatic rings. The van der Waals surface area contributed by atoms with Crippen molar-refractivity contribution in [1.29, 1.82) is 0 Å². The van der Waals surface area contributed by atoms with Crippen molar-refractivity contribution in [3.63, 3.8) is 0 Å². The summed E-state index contributed by atoms with van der Waals surface area (Å²) in [6.07, 6.45) is 3.94. The number of sulfonamides is 1. The van der Waals surface area contributed by atoms with E-state index in [0.717, 1.165) is 0 Å². The third-order valence-electron chi connectivity index (χ3n) is 3.99. The van der Waals surface area contributed by atoms with Crippen LogP contribution in [0.3, 0.4) is 0 Å². The number of rotatable bonds is 5. The lowest BCUT2D eigenvalue weighted by Crippen LogP contribution is -2.21. The second-order valence-corrected chi connectivity index (χ2v) is 7.76. The van der Waals surface area contributed by atoms with Crippen molar-refractivity contribution in [2.45, 2.75) is 13.3 Å². The SMILES string of the molecule is CCCS(=O)(=O)Nc1ncc(F)c(-c2cc3cnccc3n(C)c2=O)c1F. The van der Waals surface area contributed by atoms with Gasteiger partial charge in [0.15, 0.2) is 17.5 Å². The first-order chi connectivity index (χ1) is 12.7. The summed E-state index contributed by atoms with van der Waals surface area (Å²) in [7, 11) is -2.37. The number of nitrogens with zero attached hydrogens (tertiary/aromatic N) is 3. The summed E-state index contributed by atoms with van der Waals surface area (Å²) in [6.45, 7) is 1.64. The van der Waals surface area contributed by atoms with Gasteiger partial charge in [-0.3, -0.25) is 14.5 Å². The summed E-state index contributed by atoms with van der Waals surface area (Å²) in [5, 5.41) is 0.498. The average Bonchev–Trinajstić information content (AvgIpc) is 2.61. The Kier molecular flexibility index (Phi) is 4.92. The zero-order valence-corrected chi connectivity index (χ0v) is 15.3. The molecule has 142 valence electrons. The second-order valence-electron chi connectivity index (χ2n) is 5.92. The van der Waals surface area contributed by atoms with E-state index in [1.165, 1.54) is 30.1 Å². The fraction of sp³-hybridized carbons (Fsp3) is 0.235. The van der Waals surface area contributed by atoms with E-state index >= 15 is 0 Å². The number of fused-ring (bicyclic) bond motifs is 1. The van der Waals surface area contributed by atoms with Gasteiger partial charge in [-0.25, -0.2) is 22.2 Å². The zero-order valence-electron chi connectivity index (χ0n) is 14.5. The molecule has 0 bridgehead atoms. The molecule has 27 heavy (non-hydrogen) atoms. The van der Waals surface area contributed by atoms with E-state index in [9.17, 15) is 22.0 Å². The molecule has 0 spiro atoms. The Morgan fingerprint density at radius 3 is 2.70 bits per heavy atom. The minimum Gasteiger partial charge on any atom is -0.311 e. The highest BCUT2D eigenvalue weighted by molar-refractivity contribution is 7.92. The van der Waals surface area contributed by atoms with Crippen molar-refractivity contribution in [3.8, 4) is 11.1 Å². The molecule has 7 nitrogen and oxygen atoms in total. The Morgan fingerprint density at radius 2 is 2.00 bits per heavy atom. The molecule has 3 aromatic heterocycles. The predicted octanol–water partition coefficient (Wildman–Crippen LogP) is 2.43. The van der Waals surface area contributed by atoms with Gasteiger partial charge in [-0.1, -0.05) is 6.92 Å². The maximum Gasteiger partial charge on any atom is 0.258 e. The monoisotopic (exact) mass is 394 g/mol. The third-order valence-corrected chi connectivity index (χ3v) is 5.44. The molecule has 3 rings (SSSR count). The van der Waals surface area contributed by atoms with Gasteiger partial charge in [0.2, 0.25) is 10.0 Å². The van der Waals surface area contributed by atoms with Crippen molar-refractivity contribution < 1.29 is 17.2 Å². The van der Waals surface area contributed by atoms with Crippen LogP contribution in [-0.4, -0.2) is 28.7 Å². The number of pyridine rings is 3. The third kappa shape index (κ3) is 3.52. The standard InChI is InChI=1S/C17H16F2N4O3S/c1-3-6-27(25,26)22-16-15(19)14(12(18)9-21-16)11-7-10-8-20-5-4-13(10)23(2)17(11)24/h4-5,7-9H,3,6H2,1-2H3,(H,21,22). The molecule has 10 heteroatoms. The topological polar surface area (TPSA) is 93.9 Å². The highest BCUT2D eigenvalue weighted by Crippen LogP contribution is 2.29. The number of hydrogen-bond donors (Lipinski definition) is 1. The van der Waals surface area contributed by atoms with Crippen LogP contribution in [-0.2, 0) is 17.1 Å². The van der Waals surface area contributed by atoms with E-state index in [4.69, 9.17) is 0 Å². The number of nitrogens with one attached hydrogen (secondary N) is 1. The maximum absolute atomic E-state index is 14.9. The van der Waals surface area contributed by atoms with Crippen molar-refractivity contribution in [2.24, 2.45) is 7.05 Å². The minimum atomic E-state index is -3.84. The lowest BCUT2D eigenvalue weighted by atomic mass is 10.1. The van der Waals surface area contributed by atoms with Gasteiger partial charge in [0.1, 0.15) is 0 Å². The summed E-state index contributed by atoms with van der Waals surface area (Å²) in [5.74, 6) is -3.24. The fourth-order valence-electron chi connectivity index (χ4n) is 2.75. The first-order valence-corrected chi connectivity index (χ1v) is 9.69. The molecule has 0 fully saturated rings. The Bertz CT molecular complexity index is 1190. The van der Waals surface area contributed by atoms with Crippen LogP contribution >= 0.6 is 0 Å². The number of hydrogen-bond acceptors (Lipinski definition) is 5. The molecule has 0 aromatic carbocycles. The Labute approximate surface area is 153 Å². The molecular formula is C17H16F2N4O3S. The first kappa shape index (κ1) is 18.9. The van der Waals surface area contributed by atoms with E-state index in [2.05, 4.69) is 9.97 Å². The lowest BCUT2D eigenvalue weighted by Gasteiger charge is -2.13. The van der Waals surface area contributed by atoms with Gasteiger partial charge in [-0.2, -0.15) is 0 Å². The number of halogens is 2. The summed E-state index contributed by atoms with van der Waals surface area (Å²) in [6, 6.07) is 2.92. The van der Waals surface area contributed by atoms with Crippen LogP contribution in [0.5, 0.6) is 0 Å². The molecule has 0 amide bonds. The first-order valence-electron chi connectivity index (χ1n) is 8.03. The predicted molar refractivity (Wildman–Crippen MR) is 97.8 cm³/mol. The molecule has 3 aromatic rings. The van der Waals surface area contributed by atoms with Crippen molar-refractivity contribution in [3.05, 3.63) is 52.7 Å². The van der Waals surface area contributed by atoms with Crippen molar-refractivity contribution in [2.75, 3.05) is 10.5 Å². The summed E-state index contributed by atoms with van der Waals surface area (Å²) in [4.78, 5) is 20.1. The molecule has 0 aliphatic carbocycles. The van der Waals surface area contributed by atoms with Crippen LogP contribution in [0.1, 0.15) is 13.3 Å². The van der Waals surface area contributed by atoms with Gasteiger partial charge in [0.05, 0.1) is 28.6 Å². The quantitative estimate of drug-likeness (QED) is 0.717. The zero-order chi connectivity index (χ0) is 19.8. The van der Waals surface area contributed by atoms with Gasteiger partial charge in [-0.15, -0.1) is 0 Å². The highest BCUT2D eigenvalue weighted by Gasteiger charge is 2.23. The van der Waals surface area contributed by atoms with Gasteiger partial charge < -0.3 is 4.57 Å². The van der Waals surface area contributed by atoms with E-state index in [1.807, 2.05) is 4.72 Å². The largest absolute Gasteiger partial charge is 0.311 e. The van der Waals surface area contributed by atoms with E-state index < -0.39 is 38.6 Å². The van der Waals surface area contributed by atoms with Gasteiger partial charge in [-0.05, 0) is 18.6 Å². The minimum absolute atomic E-state index is 0.246. The van der Waals surface area contributed by atoms with Crippen LogP contribution in [0.15, 0.2) is 35.5 Å². The molecule has 0 aliphatic heterocycles. The van der Waals surface area contributed by atoms with Crippen molar-refractivity contribution in [1.82, 2.24) is 14.5 Å². The van der Waals surface area contributed by atoms with E-state index in [1.54, 1.807) is 13.0 Å². The van der Waals surface area contributed by atoms with E-state index in [0.29, 0.717) is 23.5 Å². The van der Waals surface area contributed by atoms with E-state index in [-0.39, 0.29) is 11.3 Å². The normalized spacial score (nSPS) is 11.7. The van der Waals surface area contributed by atoms with Crippen LogP contribution in [0.2, 0.25) is 0 Å². The Hall–Kier alpha value is -2.88. The molecule has 0 saturated carbocycles.